The predicted molar refractivity (Wildman–Crippen MR) is 69.0 cm³/mol. The third-order valence-corrected chi connectivity index (χ3v) is 3.82. The van der Waals surface area contributed by atoms with Gasteiger partial charge in [-0.2, -0.15) is 0 Å². The molecule has 96 valence electrons. The Morgan fingerprint density at radius 2 is 2.06 bits per heavy atom. The highest BCUT2D eigenvalue weighted by atomic mass is 79.9. The van der Waals surface area contributed by atoms with E-state index < -0.39 is 23.2 Å². The summed E-state index contributed by atoms with van der Waals surface area (Å²) in [4.78, 5) is 27.0. The van der Waals surface area contributed by atoms with Gasteiger partial charge >= 0.3 is 5.97 Å². The number of halogens is 1. The summed E-state index contributed by atoms with van der Waals surface area (Å²) < 4.78 is 0.815. The molecular formula is C12H13BrN2O3. The van der Waals surface area contributed by atoms with Crippen LogP contribution in [0.25, 0.3) is 0 Å². The van der Waals surface area contributed by atoms with Crippen molar-refractivity contribution in [2.24, 2.45) is 17.3 Å². The van der Waals surface area contributed by atoms with Crippen LogP contribution in [-0.2, 0) is 9.59 Å². The second kappa shape index (κ2) is 4.35. The Morgan fingerprint density at radius 1 is 1.39 bits per heavy atom. The monoisotopic (exact) mass is 312 g/mol. The molecule has 1 aromatic heterocycles. The summed E-state index contributed by atoms with van der Waals surface area (Å²) in [5, 5.41) is 11.6. The summed E-state index contributed by atoms with van der Waals surface area (Å²) in [6.45, 7) is 3.57. The molecule has 5 nitrogen and oxygen atoms in total. The number of nitrogens with zero attached hydrogens (tertiary/aromatic N) is 1. The van der Waals surface area contributed by atoms with Crippen molar-refractivity contribution in [1.82, 2.24) is 4.98 Å². The molecule has 2 N–H and O–H groups in total. The molecule has 0 unspecified atom stereocenters. The number of anilines is 1. The fourth-order valence-electron chi connectivity index (χ4n) is 2.24. The highest BCUT2D eigenvalue weighted by molar-refractivity contribution is 9.10. The lowest BCUT2D eigenvalue weighted by Crippen LogP contribution is -2.18. The van der Waals surface area contributed by atoms with Crippen molar-refractivity contribution < 1.29 is 14.7 Å². The maximum absolute atomic E-state index is 12.0. The number of hydrogen-bond acceptors (Lipinski definition) is 3. The zero-order valence-corrected chi connectivity index (χ0v) is 11.6. The van der Waals surface area contributed by atoms with E-state index in [9.17, 15) is 9.59 Å². The van der Waals surface area contributed by atoms with Gasteiger partial charge in [0.25, 0.3) is 0 Å². The predicted octanol–water partition coefficient (Wildman–Crippen LogP) is 2.14. The minimum absolute atomic E-state index is 0.290. The first-order chi connectivity index (χ1) is 8.34. The fourth-order valence-corrected chi connectivity index (χ4v) is 2.48. The number of amides is 1. The summed E-state index contributed by atoms with van der Waals surface area (Å²) in [6.07, 6.45) is 1.57. The second-order valence-electron chi connectivity index (χ2n) is 4.97. The van der Waals surface area contributed by atoms with Gasteiger partial charge in [0.15, 0.2) is 0 Å². The molecule has 1 aliphatic carbocycles. The molecule has 1 saturated carbocycles. The molecule has 0 aromatic carbocycles. The lowest BCUT2D eigenvalue weighted by molar-refractivity contribution is -0.140. The van der Waals surface area contributed by atoms with Crippen LogP contribution in [0.15, 0.2) is 22.8 Å². The van der Waals surface area contributed by atoms with Crippen LogP contribution in [0.4, 0.5) is 5.82 Å². The highest BCUT2D eigenvalue weighted by Gasteiger charge is 2.65. The zero-order valence-electron chi connectivity index (χ0n) is 9.98. The van der Waals surface area contributed by atoms with Gasteiger partial charge in [-0.05, 0) is 33.5 Å². The van der Waals surface area contributed by atoms with Gasteiger partial charge in [-0.1, -0.05) is 13.8 Å². The average Bonchev–Trinajstić information content (AvgIpc) is 2.85. The minimum atomic E-state index is -0.927. The number of rotatable bonds is 3. The van der Waals surface area contributed by atoms with Crippen LogP contribution in [-0.4, -0.2) is 22.0 Å². The van der Waals surface area contributed by atoms with Gasteiger partial charge in [-0.25, -0.2) is 4.98 Å². The van der Waals surface area contributed by atoms with E-state index in [0.29, 0.717) is 5.82 Å². The lowest BCUT2D eigenvalue weighted by Gasteiger charge is -2.04. The Kier molecular flexibility index (Phi) is 3.14. The van der Waals surface area contributed by atoms with Gasteiger partial charge in [0.05, 0.1) is 11.8 Å². The molecule has 0 radical (unpaired) electrons. The van der Waals surface area contributed by atoms with Crippen molar-refractivity contribution in [2.75, 3.05) is 5.32 Å². The molecule has 0 bridgehead atoms. The van der Waals surface area contributed by atoms with Crippen LogP contribution in [0, 0.1) is 17.3 Å². The summed E-state index contributed by atoms with van der Waals surface area (Å²) in [5.74, 6) is -1.91. The van der Waals surface area contributed by atoms with Gasteiger partial charge in [-0.15, -0.1) is 0 Å². The Bertz CT molecular complexity index is 499. The highest BCUT2D eigenvalue weighted by Crippen LogP contribution is 2.58. The van der Waals surface area contributed by atoms with Crippen molar-refractivity contribution in [1.29, 1.82) is 0 Å². The molecule has 6 heteroatoms. The largest absolute Gasteiger partial charge is 0.481 e. The van der Waals surface area contributed by atoms with Crippen LogP contribution >= 0.6 is 15.9 Å². The zero-order chi connectivity index (χ0) is 13.5. The smallest absolute Gasteiger partial charge is 0.307 e. The van der Waals surface area contributed by atoms with Gasteiger partial charge < -0.3 is 10.4 Å². The Hall–Kier alpha value is -1.43. The molecule has 0 saturated heterocycles. The number of aliphatic carboxylic acids is 1. The van der Waals surface area contributed by atoms with E-state index in [4.69, 9.17) is 5.11 Å². The molecule has 18 heavy (non-hydrogen) atoms. The number of nitrogens with one attached hydrogen (secondary N) is 1. The van der Waals surface area contributed by atoms with E-state index in [2.05, 4.69) is 26.2 Å². The van der Waals surface area contributed by atoms with Crippen LogP contribution < -0.4 is 5.32 Å². The molecule has 1 aliphatic rings. The molecule has 0 spiro atoms. The first kappa shape index (κ1) is 13.0. The fraction of sp³-hybridized carbons (Fsp3) is 0.417. The summed E-state index contributed by atoms with van der Waals surface area (Å²) >= 11 is 3.25. The molecule has 1 fully saturated rings. The molecule has 2 rings (SSSR count). The maximum atomic E-state index is 12.0. The Balaban J connectivity index is 2.06. The summed E-state index contributed by atoms with van der Waals surface area (Å²) in [6, 6.07) is 3.42. The van der Waals surface area contributed by atoms with E-state index in [1.54, 1.807) is 32.2 Å². The van der Waals surface area contributed by atoms with E-state index in [1.807, 2.05) is 0 Å². The standard InChI is InChI=1S/C12H13BrN2O3/c1-12(2)8(9(12)11(17)18)10(16)15-7-4-3-6(13)5-14-7/h3-5,8-9H,1-2H3,(H,17,18)(H,14,15,16)/t8-,9-/m1/s1. The first-order valence-corrected chi connectivity index (χ1v) is 6.28. The maximum Gasteiger partial charge on any atom is 0.307 e. The van der Waals surface area contributed by atoms with Crippen molar-refractivity contribution in [3.8, 4) is 0 Å². The minimum Gasteiger partial charge on any atom is -0.481 e. The molecular weight excluding hydrogens is 300 g/mol. The van der Waals surface area contributed by atoms with Crippen molar-refractivity contribution in [2.45, 2.75) is 13.8 Å². The summed E-state index contributed by atoms with van der Waals surface area (Å²) in [5.41, 5.74) is -0.495. The third-order valence-electron chi connectivity index (χ3n) is 3.35. The van der Waals surface area contributed by atoms with Crippen LogP contribution in [0.3, 0.4) is 0 Å². The number of pyridine rings is 1. The SMILES string of the molecule is CC1(C)[C@@H](C(=O)O)[C@@H]1C(=O)Nc1ccc(Br)cn1. The number of carbonyl (C=O) groups is 2. The van der Waals surface area contributed by atoms with E-state index in [-0.39, 0.29) is 5.91 Å². The van der Waals surface area contributed by atoms with Crippen molar-refractivity contribution in [3.63, 3.8) is 0 Å². The topological polar surface area (TPSA) is 79.3 Å². The van der Waals surface area contributed by atoms with Gasteiger partial charge in [0.1, 0.15) is 5.82 Å². The first-order valence-electron chi connectivity index (χ1n) is 5.49. The molecule has 0 aliphatic heterocycles. The van der Waals surface area contributed by atoms with E-state index >= 15 is 0 Å². The third kappa shape index (κ3) is 2.25. The normalized spacial score (nSPS) is 24.4. The van der Waals surface area contributed by atoms with Gasteiger partial charge in [0, 0.05) is 10.7 Å². The van der Waals surface area contributed by atoms with Gasteiger partial charge in [0.2, 0.25) is 5.91 Å². The quantitative estimate of drug-likeness (QED) is 0.896. The molecule has 2 atom stereocenters. The molecule has 1 amide bonds. The number of carbonyl (C=O) groups excluding carboxylic acids is 1. The number of carboxylic acid groups (broad SMARTS) is 1. The summed E-state index contributed by atoms with van der Waals surface area (Å²) in [7, 11) is 0. The Morgan fingerprint density at radius 3 is 2.50 bits per heavy atom. The van der Waals surface area contributed by atoms with Crippen LogP contribution in [0.1, 0.15) is 13.8 Å². The van der Waals surface area contributed by atoms with Crippen molar-refractivity contribution in [3.05, 3.63) is 22.8 Å². The van der Waals surface area contributed by atoms with Crippen LogP contribution in [0.2, 0.25) is 0 Å². The Labute approximate surface area is 113 Å². The second-order valence-corrected chi connectivity index (χ2v) is 5.88. The van der Waals surface area contributed by atoms with E-state index in [0.717, 1.165) is 4.47 Å². The van der Waals surface area contributed by atoms with Crippen molar-refractivity contribution >= 4 is 33.6 Å². The number of aromatic nitrogens is 1. The molecule has 1 aromatic rings. The number of carboxylic acids is 1. The van der Waals surface area contributed by atoms with Gasteiger partial charge in [-0.3, -0.25) is 9.59 Å². The lowest BCUT2D eigenvalue weighted by atomic mass is 10.1. The average molecular weight is 313 g/mol. The van der Waals surface area contributed by atoms with E-state index in [1.165, 1.54) is 0 Å². The number of hydrogen-bond donors (Lipinski definition) is 2. The molecule has 1 heterocycles. The van der Waals surface area contributed by atoms with Crippen LogP contribution in [0.5, 0.6) is 0 Å².